The average Bonchev–Trinajstić information content (AvgIpc) is 2.96. The Morgan fingerprint density at radius 2 is 1.48 bits per heavy atom. The van der Waals surface area contributed by atoms with Crippen LogP contribution in [0.3, 0.4) is 0 Å². The molecule has 148 valence electrons. The highest BCUT2D eigenvalue weighted by molar-refractivity contribution is 14.1. The summed E-state index contributed by atoms with van der Waals surface area (Å²) in [5.41, 5.74) is 0. The summed E-state index contributed by atoms with van der Waals surface area (Å²) in [6.45, 7) is 0. The predicted octanol–water partition coefficient (Wildman–Crippen LogP) is 4.71. The Balaban J connectivity index is 2.34. The molecular formula is C11H10F9IO3S. The standard InChI is InChI=1S/C11H10F9IO3S/c12-8(13,7(21)4-5-1-2-6(7)3-5)9(14,15)24-10(16,17)11(18,19)25(20,22)23/h5-6H,1-4H2. The molecule has 2 aliphatic rings. The molecule has 2 aliphatic carbocycles. The van der Waals surface area contributed by atoms with Crippen molar-refractivity contribution in [3.8, 4) is 0 Å². The van der Waals surface area contributed by atoms with Crippen LogP contribution in [0.15, 0.2) is 0 Å². The van der Waals surface area contributed by atoms with E-state index >= 15 is 0 Å². The van der Waals surface area contributed by atoms with E-state index in [9.17, 15) is 47.4 Å². The second kappa shape index (κ2) is 5.75. The van der Waals surface area contributed by atoms with Crippen molar-refractivity contribution in [3.63, 3.8) is 0 Å². The zero-order valence-electron chi connectivity index (χ0n) is 11.9. The smallest absolute Gasteiger partial charge is 0.244 e. The molecule has 3 unspecified atom stereocenters. The molecule has 25 heavy (non-hydrogen) atoms. The van der Waals surface area contributed by atoms with Crippen LogP contribution in [0.2, 0.25) is 0 Å². The van der Waals surface area contributed by atoms with Gasteiger partial charge in [0.1, 0.15) is 0 Å². The Labute approximate surface area is 149 Å². The van der Waals surface area contributed by atoms with E-state index in [2.05, 4.69) is 4.74 Å². The second-order valence-corrected chi connectivity index (χ2v) is 9.42. The van der Waals surface area contributed by atoms with Gasteiger partial charge in [0, 0.05) is 0 Å². The van der Waals surface area contributed by atoms with E-state index in [4.69, 9.17) is 0 Å². The van der Waals surface area contributed by atoms with Crippen LogP contribution in [0.25, 0.3) is 0 Å². The SMILES string of the molecule is O=S(=O)(F)C(F)(F)C(F)(F)OC(F)(F)C(F)(F)C1(I)CC2CCC1C2. The lowest BCUT2D eigenvalue weighted by atomic mass is 9.83. The number of fused-ring (bicyclic) bond motifs is 2. The first-order valence-electron chi connectivity index (χ1n) is 6.73. The molecule has 3 atom stereocenters. The summed E-state index contributed by atoms with van der Waals surface area (Å²) in [5.74, 6) is -6.67. The van der Waals surface area contributed by atoms with Gasteiger partial charge in [-0.1, -0.05) is 32.9 Å². The van der Waals surface area contributed by atoms with Gasteiger partial charge in [-0.3, -0.25) is 0 Å². The average molecular weight is 520 g/mol. The minimum Gasteiger partial charge on any atom is -0.244 e. The lowest BCUT2D eigenvalue weighted by Crippen LogP contribution is -2.62. The molecule has 0 spiro atoms. The fourth-order valence-corrected chi connectivity index (χ4v) is 5.14. The highest BCUT2D eigenvalue weighted by Crippen LogP contribution is 2.65. The fourth-order valence-electron chi connectivity index (χ4n) is 3.32. The molecule has 3 nitrogen and oxygen atoms in total. The van der Waals surface area contributed by atoms with Crippen LogP contribution in [0, 0.1) is 11.8 Å². The molecule has 0 heterocycles. The van der Waals surface area contributed by atoms with Gasteiger partial charge in [0.05, 0.1) is 3.42 Å². The molecule has 14 heteroatoms. The normalized spacial score (nSPS) is 31.6. The van der Waals surface area contributed by atoms with Gasteiger partial charge < -0.3 is 0 Å². The maximum atomic E-state index is 14.3. The monoisotopic (exact) mass is 520 g/mol. The van der Waals surface area contributed by atoms with Crippen LogP contribution in [0.5, 0.6) is 0 Å². The second-order valence-electron chi connectivity index (χ2n) is 6.11. The molecule has 2 fully saturated rings. The van der Waals surface area contributed by atoms with E-state index in [1.54, 1.807) is 0 Å². The third-order valence-electron chi connectivity index (χ3n) is 4.56. The van der Waals surface area contributed by atoms with Crippen molar-refractivity contribution in [2.45, 2.75) is 52.5 Å². The third-order valence-corrected chi connectivity index (χ3v) is 7.41. The van der Waals surface area contributed by atoms with Crippen molar-refractivity contribution in [3.05, 3.63) is 0 Å². The van der Waals surface area contributed by atoms with E-state index < -0.39 is 49.4 Å². The summed E-state index contributed by atoms with van der Waals surface area (Å²) in [4.78, 5) is 0. The van der Waals surface area contributed by atoms with E-state index in [1.807, 2.05) is 0 Å². The fraction of sp³-hybridized carbons (Fsp3) is 1.00. The van der Waals surface area contributed by atoms with Crippen LogP contribution in [-0.4, -0.2) is 35.2 Å². The molecule has 0 aromatic carbocycles. The van der Waals surface area contributed by atoms with E-state index in [0.717, 1.165) is 22.6 Å². The molecule has 2 saturated carbocycles. The summed E-state index contributed by atoms with van der Waals surface area (Å²) < 4.78 is 140. The van der Waals surface area contributed by atoms with E-state index in [0.29, 0.717) is 6.42 Å². The molecular weight excluding hydrogens is 510 g/mol. The van der Waals surface area contributed by atoms with Gasteiger partial charge in [0.2, 0.25) is 0 Å². The number of alkyl halides is 9. The molecule has 0 radical (unpaired) electrons. The molecule has 2 bridgehead atoms. The third kappa shape index (κ3) is 3.02. The van der Waals surface area contributed by atoms with Gasteiger partial charge in [-0.25, -0.2) is 4.74 Å². The van der Waals surface area contributed by atoms with Gasteiger partial charge in [-0.05, 0) is 31.1 Å². The Morgan fingerprint density at radius 1 is 0.960 bits per heavy atom. The first-order valence-corrected chi connectivity index (χ1v) is 9.20. The van der Waals surface area contributed by atoms with E-state index in [-0.39, 0.29) is 18.8 Å². The summed E-state index contributed by atoms with van der Waals surface area (Å²) in [7, 11) is -7.41. The largest absolute Gasteiger partial charge is 0.464 e. The Morgan fingerprint density at radius 3 is 1.84 bits per heavy atom. The minimum atomic E-state index is -7.41. The van der Waals surface area contributed by atoms with Crippen LogP contribution >= 0.6 is 22.6 Å². The Bertz CT molecular complexity index is 653. The summed E-state index contributed by atoms with van der Waals surface area (Å²) >= 11 is 0.980. The number of hydrogen-bond acceptors (Lipinski definition) is 3. The van der Waals surface area contributed by atoms with E-state index in [1.165, 1.54) is 0 Å². The predicted molar refractivity (Wildman–Crippen MR) is 73.1 cm³/mol. The highest BCUT2D eigenvalue weighted by Gasteiger charge is 2.79. The molecule has 0 saturated heterocycles. The summed E-state index contributed by atoms with van der Waals surface area (Å²) in [6, 6.07) is 0. The van der Waals surface area contributed by atoms with Crippen LogP contribution in [0.1, 0.15) is 25.7 Å². The quantitative estimate of drug-likeness (QED) is 0.221. The first-order chi connectivity index (χ1) is 10.9. The van der Waals surface area contributed by atoms with Gasteiger partial charge in [-0.2, -0.15) is 43.5 Å². The number of ether oxygens (including phenoxy) is 1. The Kier molecular flexibility index (Phi) is 4.90. The minimum absolute atomic E-state index is 0.116. The van der Waals surface area contributed by atoms with Crippen molar-refractivity contribution in [2.75, 3.05) is 0 Å². The van der Waals surface area contributed by atoms with Crippen molar-refractivity contribution in [1.82, 2.24) is 0 Å². The molecule has 0 aromatic rings. The Hall–Kier alpha value is 0.01000. The zero-order valence-corrected chi connectivity index (χ0v) is 14.9. The maximum absolute atomic E-state index is 14.3. The summed E-state index contributed by atoms with van der Waals surface area (Å²) in [6.07, 6.45) is -12.6. The lowest BCUT2D eigenvalue weighted by Gasteiger charge is -2.42. The van der Waals surface area contributed by atoms with Gasteiger partial charge in [-0.15, -0.1) is 0 Å². The first kappa shape index (κ1) is 21.3. The number of halogens is 10. The highest BCUT2D eigenvalue weighted by atomic mass is 127. The van der Waals surface area contributed by atoms with Crippen LogP contribution < -0.4 is 0 Å². The van der Waals surface area contributed by atoms with Crippen molar-refractivity contribution in [1.29, 1.82) is 0 Å². The van der Waals surface area contributed by atoms with Crippen molar-refractivity contribution >= 4 is 32.8 Å². The van der Waals surface area contributed by atoms with Crippen LogP contribution in [0.4, 0.5) is 39.0 Å². The molecule has 0 amide bonds. The van der Waals surface area contributed by atoms with Crippen molar-refractivity contribution < 1.29 is 52.2 Å². The zero-order chi connectivity index (χ0) is 19.7. The van der Waals surface area contributed by atoms with Gasteiger partial charge in [0.25, 0.3) is 0 Å². The lowest BCUT2D eigenvalue weighted by molar-refractivity contribution is -0.459. The molecule has 0 N–H and O–H groups in total. The van der Waals surface area contributed by atoms with Gasteiger partial charge in [0.15, 0.2) is 0 Å². The maximum Gasteiger partial charge on any atom is 0.464 e. The molecule has 0 aromatic heterocycles. The summed E-state index contributed by atoms with van der Waals surface area (Å²) in [5, 5.41) is -6.77. The molecule has 2 rings (SSSR count). The number of hydrogen-bond donors (Lipinski definition) is 0. The topological polar surface area (TPSA) is 43.4 Å². The number of rotatable bonds is 6. The van der Waals surface area contributed by atoms with Crippen LogP contribution in [-0.2, 0) is 15.0 Å². The van der Waals surface area contributed by atoms with Crippen molar-refractivity contribution in [2.24, 2.45) is 11.8 Å². The van der Waals surface area contributed by atoms with Gasteiger partial charge >= 0.3 is 33.6 Å². The molecule has 0 aliphatic heterocycles.